The highest BCUT2D eigenvalue weighted by Gasteiger charge is 2.28. The van der Waals surface area contributed by atoms with Crippen molar-refractivity contribution in [2.24, 2.45) is 11.8 Å². The molecule has 1 fully saturated rings. The molecule has 0 radical (unpaired) electrons. The molecule has 0 bridgehead atoms. The average molecular weight is 394 g/mol. The van der Waals surface area contributed by atoms with Crippen molar-refractivity contribution in [3.8, 4) is 0 Å². The Morgan fingerprint density at radius 1 is 1.08 bits per heavy atom. The Labute approximate surface area is 163 Å². The molecule has 3 N–H and O–H groups in total. The summed E-state index contributed by atoms with van der Waals surface area (Å²) in [4.78, 5) is 24.8. The molecule has 1 unspecified atom stereocenters. The summed E-state index contributed by atoms with van der Waals surface area (Å²) in [5.74, 6) is -0.0987. The van der Waals surface area contributed by atoms with Gasteiger partial charge in [0, 0.05) is 17.3 Å². The fraction of sp³-hybridized carbons (Fsp3) is 0.263. The van der Waals surface area contributed by atoms with Crippen molar-refractivity contribution in [3.63, 3.8) is 0 Å². The normalized spacial score (nSPS) is 14.5. The van der Waals surface area contributed by atoms with Crippen molar-refractivity contribution in [2.75, 3.05) is 23.7 Å². The number of carbonyl (C=O) groups is 2. The van der Waals surface area contributed by atoms with Gasteiger partial charge in [0.15, 0.2) is 0 Å². The Balaban J connectivity index is 0.00000243. The van der Waals surface area contributed by atoms with E-state index in [1.165, 1.54) is 0 Å². The van der Waals surface area contributed by atoms with E-state index in [-0.39, 0.29) is 30.1 Å². The third kappa shape index (κ3) is 4.75. The molecule has 0 spiro atoms. The largest absolute Gasteiger partial charge is 0.326 e. The fourth-order valence-corrected chi connectivity index (χ4v) is 2.84. The maximum atomic E-state index is 12.5. The molecular formula is C19H21Cl2N3O2. The topological polar surface area (TPSA) is 70.2 Å². The highest BCUT2D eigenvalue weighted by atomic mass is 35.5. The van der Waals surface area contributed by atoms with Crippen LogP contribution in [0.15, 0.2) is 48.5 Å². The van der Waals surface area contributed by atoms with E-state index >= 15 is 0 Å². The molecule has 0 aromatic heterocycles. The van der Waals surface area contributed by atoms with Gasteiger partial charge in [0.2, 0.25) is 5.91 Å². The second-order valence-electron chi connectivity index (χ2n) is 6.21. The van der Waals surface area contributed by atoms with Gasteiger partial charge in [0.25, 0.3) is 5.91 Å². The van der Waals surface area contributed by atoms with Gasteiger partial charge in [-0.15, -0.1) is 12.4 Å². The Bertz CT molecular complexity index is 780. The van der Waals surface area contributed by atoms with E-state index in [9.17, 15) is 9.59 Å². The summed E-state index contributed by atoms with van der Waals surface area (Å²) in [6.45, 7) is 3.64. The third-order valence-electron chi connectivity index (χ3n) is 4.44. The van der Waals surface area contributed by atoms with E-state index < -0.39 is 0 Å². The molecule has 2 aromatic rings. The van der Waals surface area contributed by atoms with Crippen LogP contribution in [0.25, 0.3) is 0 Å². The molecule has 7 heteroatoms. The maximum absolute atomic E-state index is 12.5. The van der Waals surface area contributed by atoms with Crippen LogP contribution in [-0.4, -0.2) is 24.9 Å². The van der Waals surface area contributed by atoms with Gasteiger partial charge in [-0.05, 0) is 49.3 Å². The zero-order chi connectivity index (χ0) is 17.8. The quantitative estimate of drug-likeness (QED) is 0.723. The molecule has 2 aromatic carbocycles. The number of amides is 2. The number of hydrogen-bond donors (Lipinski definition) is 3. The molecule has 3 rings (SSSR count). The minimum absolute atomic E-state index is 0. The first-order valence-corrected chi connectivity index (χ1v) is 8.60. The van der Waals surface area contributed by atoms with Crippen LogP contribution < -0.4 is 16.0 Å². The van der Waals surface area contributed by atoms with Crippen LogP contribution in [0.1, 0.15) is 17.3 Å². The van der Waals surface area contributed by atoms with Crippen LogP contribution in [0.4, 0.5) is 11.4 Å². The van der Waals surface area contributed by atoms with E-state index in [0.717, 1.165) is 13.1 Å². The van der Waals surface area contributed by atoms with Crippen molar-refractivity contribution in [2.45, 2.75) is 6.92 Å². The summed E-state index contributed by atoms with van der Waals surface area (Å²) >= 11 is 6.16. The van der Waals surface area contributed by atoms with E-state index in [2.05, 4.69) is 16.0 Å². The molecule has 138 valence electrons. The fourth-order valence-electron chi connectivity index (χ4n) is 2.63. The lowest BCUT2D eigenvalue weighted by molar-refractivity contribution is -0.121. The van der Waals surface area contributed by atoms with Crippen molar-refractivity contribution in [1.82, 2.24) is 5.32 Å². The molecule has 1 aliphatic heterocycles. The van der Waals surface area contributed by atoms with Crippen molar-refractivity contribution < 1.29 is 9.59 Å². The van der Waals surface area contributed by atoms with Crippen LogP contribution in [0.2, 0.25) is 5.02 Å². The van der Waals surface area contributed by atoms with Crippen LogP contribution in [-0.2, 0) is 4.79 Å². The first-order valence-electron chi connectivity index (χ1n) is 8.22. The summed E-state index contributed by atoms with van der Waals surface area (Å²) in [6.07, 6.45) is 0. The number of anilines is 2. The molecular weight excluding hydrogens is 373 g/mol. The molecule has 1 aliphatic rings. The summed E-state index contributed by atoms with van der Waals surface area (Å²) in [5.41, 5.74) is 1.57. The lowest BCUT2D eigenvalue weighted by atomic mass is 9.88. The number of halogens is 2. The number of para-hydroxylation sites is 1. The second-order valence-corrected chi connectivity index (χ2v) is 6.62. The van der Waals surface area contributed by atoms with Crippen molar-refractivity contribution >= 4 is 47.2 Å². The van der Waals surface area contributed by atoms with Crippen LogP contribution in [0.3, 0.4) is 0 Å². The summed E-state index contributed by atoms with van der Waals surface area (Å²) < 4.78 is 0. The van der Waals surface area contributed by atoms with Gasteiger partial charge >= 0.3 is 0 Å². The van der Waals surface area contributed by atoms with Gasteiger partial charge in [-0.3, -0.25) is 9.59 Å². The van der Waals surface area contributed by atoms with E-state index in [0.29, 0.717) is 27.9 Å². The third-order valence-corrected chi connectivity index (χ3v) is 4.77. The molecule has 0 aliphatic carbocycles. The molecule has 26 heavy (non-hydrogen) atoms. The number of carbonyl (C=O) groups excluding carboxylic acids is 2. The maximum Gasteiger partial charge on any atom is 0.257 e. The summed E-state index contributed by atoms with van der Waals surface area (Å²) in [6, 6.07) is 14.1. The number of benzene rings is 2. The van der Waals surface area contributed by atoms with Crippen molar-refractivity contribution in [1.29, 1.82) is 0 Å². The average Bonchev–Trinajstić information content (AvgIpc) is 2.55. The minimum Gasteiger partial charge on any atom is -0.326 e. The molecule has 2 amide bonds. The zero-order valence-corrected chi connectivity index (χ0v) is 15.9. The molecule has 1 heterocycles. The first kappa shape index (κ1) is 20.2. The Kier molecular flexibility index (Phi) is 7.03. The van der Waals surface area contributed by atoms with Crippen LogP contribution in [0, 0.1) is 11.8 Å². The Morgan fingerprint density at radius 2 is 1.77 bits per heavy atom. The van der Waals surface area contributed by atoms with E-state index in [4.69, 9.17) is 11.6 Å². The van der Waals surface area contributed by atoms with Crippen LogP contribution in [0.5, 0.6) is 0 Å². The lowest BCUT2D eigenvalue weighted by Crippen LogP contribution is -2.48. The smallest absolute Gasteiger partial charge is 0.257 e. The minimum atomic E-state index is -0.316. The summed E-state index contributed by atoms with van der Waals surface area (Å²) in [7, 11) is 0. The summed E-state index contributed by atoms with van der Waals surface area (Å²) in [5, 5.41) is 9.17. The van der Waals surface area contributed by atoms with Gasteiger partial charge in [-0.1, -0.05) is 36.7 Å². The van der Waals surface area contributed by atoms with Gasteiger partial charge in [-0.25, -0.2) is 0 Å². The predicted octanol–water partition coefficient (Wildman–Crippen LogP) is 3.81. The second kappa shape index (κ2) is 9.03. The Hall–Kier alpha value is -2.08. The zero-order valence-electron chi connectivity index (χ0n) is 14.3. The Morgan fingerprint density at radius 3 is 2.38 bits per heavy atom. The van der Waals surface area contributed by atoms with Gasteiger partial charge in [0.05, 0.1) is 10.6 Å². The predicted molar refractivity (Wildman–Crippen MR) is 107 cm³/mol. The SMILES string of the molecule is CC(C(=O)Nc1ccc(Cl)c(C(=O)Nc2ccccc2)c1)C1CNC1.Cl. The first-order chi connectivity index (χ1) is 12.0. The molecule has 1 atom stereocenters. The standard InChI is InChI=1S/C19H20ClN3O2.ClH/c1-12(13-10-21-11-13)18(24)23-15-7-8-17(20)16(9-15)19(25)22-14-5-3-2-4-6-14;/h2-9,12-13,21H,10-11H2,1H3,(H,22,25)(H,23,24);1H. The highest BCUT2D eigenvalue weighted by molar-refractivity contribution is 6.34. The van der Waals surface area contributed by atoms with E-state index in [1.54, 1.807) is 30.3 Å². The van der Waals surface area contributed by atoms with Gasteiger partial charge in [-0.2, -0.15) is 0 Å². The van der Waals surface area contributed by atoms with Crippen molar-refractivity contribution in [3.05, 3.63) is 59.1 Å². The number of nitrogens with one attached hydrogen (secondary N) is 3. The van der Waals surface area contributed by atoms with Gasteiger partial charge in [0.1, 0.15) is 0 Å². The number of hydrogen-bond acceptors (Lipinski definition) is 3. The lowest BCUT2D eigenvalue weighted by Gasteiger charge is -2.31. The molecule has 1 saturated heterocycles. The monoisotopic (exact) mass is 393 g/mol. The van der Waals surface area contributed by atoms with E-state index in [1.807, 2.05) is 25.1 Å². The molecule has 5 nitrogen and oxygen atoms in total. The molecule has 0 saturated carbocycles. The number of rotatable bonds is 5. The van der Waals surface area contributed by atoms with Crippen LogP contribution >= 0.6 is 24.0 Å². The van der Waals surface area contributed by atoms with Gasteiger partial charge < -0.3 is 16.0 Å². The highest BCUT2D eigenvalue weighted by Crippen LogP contribution is 2.24.